The van der Waals surface area contributed by atoms with E-state index < -0.39 is 10.0 Å². The van der Waals surface area contributed by atoms with Crippen LogP contribution in [0.2, 0.25) is 5.02 Å². The number of halogens is 1. The molecule has 0 aliphatic carbocycles. The highest BCUT2D eigenvalue weighted by atomic mass is 35.5. The van der Waals surface area contributed by atoms with Crippen molar-refractivity contribution in [1.29, 1.82) is 0 Å². The van der Waals surface area contributed by atoms with Crippen LogP contribution < -0.4 is 5.32 Å². The van der Waals surface area contributed by atoms with Crippen LogP contribution in [-0.4, -0.2) is 37.5 Å². The lowest BCUT2D eigenvalue weighted by Gasteiger charge is -2.21. The van der Waals surface area contributed by atoms with Crippen molar-refractivity contribution in [3.8, 4) is 0 Å². The number of nitrogens with zero attached hydrogens (tertiary/aromatic N) is 1. The van der Waals surface area contributed by atoms with E-state index in [2.05, 4.69) is 5.32 Å². The summed E-state index contributed by atoms with van der Waals surface area (Å²) in [6, 6.07) is 12.7. The van der Waals surface area contributed by atoms with Crippen LogP contribution in [0.4, 0.5) is 5.69 Å². The molecule has 8 heteroatoms. The summed E-state index contributed by atoms with van der Waals surface area (Å²) in [5, 5.41) is 3.67. The smallest absolute Gasteiger partial charge is 0.243 e. The zero-order chi connectivity index (χ0) is 21.0. The van der Waals surface area contributed by atoms with Crippen LogP contribution in [0.15, 0.2) is 47.4 Å². The number of sulfonamides is 1. The number of nitrogens with one attached hydrogen (secondary N) is 1. The molecule has 1 fully saturated rings. The van der Waals surface area contributed by atoms with Crippen molar-refractivity contribution in [2.24, 2.45) is 0 Å². The van der Waals surface area contributed by atoms with E-state index in [9.17, 15) is 13.2 Å². The molecular formula is C21H25ClN2O3S2. The zero-order valence-corrected chi connectivity index (χ0v) is 18.9. The van der Waals surface area contributed by atoms with Gasteiger partial charge in [0.25, 0.3) is 0 Å². The molecule has 29 heavy (non-hydrogen) atoms. The molecule has 2 aromatic carbocycles. The molecule has 1 N–H and O–H groups in total. The number of rotatable bonds is 5. The fraction of sp³-hybridized carbons (Fsp3) is 0.381. The number of amides is 1. The second kappa shape index (κ2) is 9.51. The normalized spacial score (nSPS) is 18.2. The number of aryl methyl sites for hydroxylation is 1. The largest absolute Gasteiger partial charge is 0.326 e. The van der Waals surface area contributed by atoms with Gasteiger partial charge in [-0.1, -0.05) is 36.7 Å². The van der Waals surface area contributed by atoms with E-state index >= 15 is 0 Å². The number of carbonyl (C=O) groups is 1. The first kappa shape index (κ1) is 22.2. The minimum Gasteiger partial charge on any atom is -0.326 e. The molecule has 1 aliphatic rings. The molecule has 1 amide bonds. The van der Waals surface area contributed by atoms with Gasteiger partial charge in [0.05, 0.1) is 4.90 Å². The van der Waals surface area contributed by atoms with Gasteiger partial charge in [-0.25, -0.2) is 8.42 Å². The van der Waals surface area contributed by atoms with Gasteiger partial charge in [-0.3, -0.25) is 4.79 Å². The van der Waals surface area contributed by atoms with Gasteiger partial charge in [0.15, 0.2) is 0 Å². The topological polar surface area (TPSA) is 66.5 Å². The summed E-state index contributed by atoms with van der Waals surface area (Å²) >= 11 is 8.08. The van der Waals surface area contributed by atoms with Crippen LogP contribution in [-0.2, 0) is 14.8 Å². The van der Waals surface area contributed by atoms with Gasteiger partial charge in [-0.2, -0.15) is 16.1 Å². The standard InChI is InChI=1S/C21H25ClN2O3S2/c1-3-21(25)23-16-8-9-20(15(2)14-16)29(26,27)24-11-10-19(28-13-12-24)17-6-4-5-7-18(17)22/h4-9,14,19H,3,10-13H2,1-2H3,(H,23,25). The number of hydrogen-bond acceptors (Lipinski definition) is 4. The summed E-state index contributed by atoms with van der Waals surface area (Å²) in [6.45, 7) is 4.43. The van der Waals surface area contributed by atoms with Crippen LogP contribution in [0.1, 0.15) is 36.1 Å². The third-order valence-corrected chi connectivity index (χ3v) is 8.66. The first-order valence-electron chi connectivity index (χ1n) is 9.59. The van der Waals surface area contributed by atoms with E-state index in [1.807, 2.05) is 24.3 Å². The van der Waals surface area contributed by atoms with E-state index in [1.54, 1.807) is 48.1 Å². The van der Waals surface area contributed by atoms with Gasteiger partial charge in [0.1, 0.15) is 0 Å². The van der Waals surface area contributed by atoms with Gasteiger partial charge < -0.3 is 5.32 Å². The maximum absolute atomic E-state index is 13.3. The van der Waals surface area contributed by atoms with Gasteiger partial charge in [0, 0.05) is 41.2 Å². The summed E-state index contributed by atoms with van der Waals surface area (Å²) in [5.74, 6) is 0.605. The van der Waals surface area contributed by atoms with Crippen molar-refractivity contribution in [3.05, 3.63) is 58.6 Å². The third kappa shape index (κ3) is 5.15. The first-order chi connectivity index (χ1) is 13.8. The number of hydrogen-bond donors (Lipinski definition) is 1. The Kier molecular flexibility index (Phi) is 7.27. The molecule has 0 aromatic heterocycles. The fourth-order valence-electron chi connectivity index (χ4n) is 3.38. The Hall–Kier alpha value is -1.54. The summed E-state index contributed by atoms with van der Waals surface area (Å²) in [4.78, 5) is 11.9. The number of anilines is 1. The minimum atomic E-state index is -3.61. The number of carbonyl (C=O) groups excluding carboxylic acids is 1. The Morgan fingerprint density at radius 3 is 2.69 bits per heavy atom. The Morgan fingerprint density at radius 1 is 1.24 bits per heavy atom. The monoisotopic (exact) mass is 452 g/mol. The van der Waals surface area contributed by atoms with Crippen LogP contribution >= 0.6 is 23.4 Å². The molecule has 0 saturated carbocycles. The second-order valence-corrected chi connectivity index (χ2v) is 10.6. The Bertz CT molecular complexity index is 995. The lowest BCUT2D eigenvalue weighted by Crippen LogP contribution is -2.33. The molecule has 1 unspecified atom stereocenters. The summed E-state index contributed by atoms with van der Waals surface area (Å²) in [5.41, 5.74) is 2.29. The Labute approximate surface area is 181 Å². The molecule has 1 atom stereocenters. The average Bonchev–Trinajstić information content (AvgIpc) is 2.95. The Balaban J connectivity index is 1.78. The maximum Gasteiger partial charge on any atom is 0.243 e. The highest BCUT2D eigenvalue weighted by Crippen LogP contribution is 2.38. The number of thioether (sulfide) groups is 1. The molecule has 156 valence electrons. The van der Waals surface area contributed by atoms with E-state index in [4.69, 9.17) is 11.6 Å². The lowest BCUT2D eigenvalue weighted by molar-refractivity contribution is -0.115. The molecule has 1 saturated heterocycles. The minimum absolute atomic E-state index is 0.102. The summed E-state index contributed by atoms with van der Waals surface area (Å²) < 4.78 is 28.1. The predicted molar refractivity (Wildman–Crippen MR) is 120 cm³/mol. The summed E-state index contributed by atoms with van der Waals surface area (Å²) in [7, 11) is -3.61. The van der Waals surface area contributed by atoms with E-state index in [0.717, 1.165) is 10.6 Å². The van der Waals surface area contributed by atoms with Crippen LogP contribution in [0.3, 0.4) is 0 Å². The third-order valence-electron chi connectivity index (χ3n) is 4.95. The molecule has 0 bridgehead atoms. The molecule has 0 spiro atoms. The highest BCUT2D eigenvalue weighted by Gasteiger charge is 2.30. The SMILES string of the molecule is CCC(=O)Nc1ccc(S(=O)(=O)N2CCSC(c3ccccc3Cl)CC2)c(C)c1. The van der Waals surface area contributed by atoms with Crippen LogP contribution in [0.25, 0.3) is 0 Å². The van der Waals surface area contributed by atoms with Gasteiger partial charge in [0.2, 0.25) is 15.9 Å². The molecule has 1 aliphatic heterocycles. The van der Waals surface area contributed by atoms with E-state index in [-0.39, 0.29) is 16.1 Å². The van der Waals surface area contributed by atoms with Crippen molar-refractivity contribution in [2.75, 3.05) is 24.2 Å². The van der Waals surface area contributed by atoms with Crippen molar-refractivity contribution in [1.82, 2.24) is 4.31 Å². The molecule has 2 aromatic rings. The van der Waals surface area contributed by atoms with E-state index in [0.29, 0.717) is 42.9 Å². The van der Waals surface area contributed by atoms with Crippen molar-refractivity contribution >= 4 is 45.0 Å². The highest BCUT2D eigenvalue weighted by molar-refractivity contribution is 7.99. The van der Waals surface area contributed by atoms with Crippen LogP contribution in [0, 0.1) is 6.92 Å². The first-order valence-corrected chi connectivity index (χ1v) is 12.5. The quantitative estimate of drug-likeness (QED) is 0.703. The van der Waals surface area contributed by atoms with Gasteiger partial charge in [-0.15, -0.1) is 0 Å². The molecule has 0 radical (unpaired) electrons. The molecule has 3 rings (SSSR count). The Morgan fingerprint density at radius 2 is 2.00 bits per heavy atom. The van der Waals surface area contributed by atoms with Gasteiger partial charge in [-0.05, 0) is 48.7 Å². The maximum atomic E-state index is 13.3. The predicted octanol–water partition coefficient (Wildman–Crippen LogP) is 4.87. The van der Waals surface area contributed by atoms with Crippen molar-refractivity contribution < 1.29 is 13.2 Å². The number of benzene rings is 2. The lowest BCUT2D eigenvalue weighted by atomic mass is 10.1. The zero-order valence-electron chi connectivity index (χ0n) is 16.5. The fourth-order valence-corrected chi connectivity index (χ4v) is 6.76. The van der Waals surface area contributed by atoms with Crippen molar-refractivity contribution in [2.45, 2.75) is 36.8 Å². The second-order valence-electron chi connectivity index (χ2n) is 6.96. The van der Waals surface area contributed by atoms with Crippen molar-refractivity contribution in [3.63, 3.8) is 0 Å². The van der Waals surface area contributed by atoms with Gasteiger partial charge >= 0.3 is 0 Å². The molecule has 1 heterocycles. The van der Waals surface area contributed by atoms with Crippen LogP contribution in [0.5, 0.6) is 0 Å². The summed E-state index contributed by atoms with van der Waals surface area (Å²) in [6.07, 6.45) is 1.08. The average molecular weight is 453 g/mol. The van der Waals surface area contributed by atoms with E-state index in [1.165, 1.54) is 0 Å². The molecular weight excluding hydrogens is 428 g/mol. The molecule has 5 nitrogen and oxygen atoms in total.